The molecule has 24 heavy (non-hydrogen) atoms. The van der Waals surface area contributed by atoms with Crippen molar-refractivity contribution in [1.82, 2.24) is 10.2 Å². The Morgan fingerprint density at radius 3 is 2.92 bits per heavy atom. The highest BCUT2D eigenvalue weighted by Crippen LogP contribution is 2.35. The molecular formula is C19H26N2O2S. The Hall–Kier alpha value is -1.62. The van der Waals surface area contributed by atoms with Crippen LogP contribution in [0.5, 0.6) is 0 Å². The zero-order valence-electron chi connectivity index (χ0n) is 14.3. The van der Waals surface area contributed by atoms with Gasteiger partial charge in [0, 0.05) is 24.9 Å². The van der Waals surface area contributed by atoms with Crippen LogP contribution < -0.4 is 5.32 Å². The van der Waals surface area contributed by atoms with E-state index < -0.39 is 0 Å². The number of hydrogen-bond donors (Lipinski definition) is 1. The van der Waals surface area contributed by atoms with E-state index in [0.29, 0.717) is 6.54 Å². The fraction of sp³-hybridized carbons (Fsp3) is 0.579. The molecular weight excluding hydrogens is 320 g/mol. The van der Waals surface area contributed by atoms with E-state index in [9.17, 15) is 9.59 Å². The Balaban J connectivity index is 1.53. The monoisotopic (exact) mass is 346 g/mol. The molecule has 1 aromatic heterocycles. The number of likely N-dealkylation sites (tertiary alicyclic amines) is 1. The molecule has 1 aromatic rings. The van der Waals surface area contributed by atoms with E-state index in [-0.39, 0.29) is 17.9 Å². The minimum atomic E-state index is 0.00929. The molecule has 2 amide bonds. The van der Waals surface area contributed by atoms with Crippen molar-refractivity contribution in [2.45, 2.75) is 57.9 Å². The maximum Gasteiger partial charge on any atom is 0.261 e. The molecule has 1 N–H and O–H groups in total. The summed E-state index contributed by atoms with van der Waals surface area (Å²) >= 11 is 1.52. The third-order valence-corrected chi connectivity index (χ3v) is 6.14. The van der Waals surface area contributed by atoms with Gasteiger partial charge in [-0.3, -0.25) is 9.59 Å². The minimum Gasteiger partial charge on any atom is -0.351 e. The second-order valence-electron chi connectivity index (χ2n) is 6.69. The molecule has 1 aliphatic carbocycles. The molecule has 2 heterocycles. The van der Waals surface area contributed by atoms with Crippen molar-refractivity contribution in [3.8, 4) is 0 Å². The summed E-state index contributed by atoms with van der Waals surface area (Å²) in [5.41, 5.74) is 1.48. The predicted molar refractivity (Wildman–Crippen MR) is 97.2 cm³/mol. The van der Waals surface area contributed by atoms with Gasteiger partial charge >= 0.3 is 0 Å². The van der Waals surface area contributed by atoms with Gasteiger partial charge in [-0.05, 0) is 57.1 Å². The summed E-state index contributed by atoms with van der Waals surface area (Å²) in [6.45, 7) is 3.16. The third-order valence-electron chi connectivity index (χ3n) is 4.95. The van der Waals surface area contributed by atoms with E-state index in [0.717, 1.165) is 35.6 Å². The lowest BCUT2D eigenvalue weighted by Gasteiger charge is -2.22. The van der Waals surface area contributed by atoms with Crippen LogP contribution >= 0.6 is 11.3 Å². The van der Waals surface area contributed by atoms with Crippen molar-refractivity contribution in [2.24, 2.45) is 0 Å². The number of allylic oxidation sites excluding steroid dienone is 1. The highest BCUT2D eigenvalue weighted by molar-refractivity contribution is 7.14. The Bertz CT molecular complexity index is 635. The number of carbonyl (C=O) groups is 2. The van der Waals surface area contributed by atoms with E-state index >= 15 is 0 Å². The first-order chi connectivity index (χ1) is 11.6. The van der Waals surface area contributed by atoms with Crippen LogP contribution in [0.2, 0.25) is 0 Å². The molecule has 2 aliphatic rings. The van der Waals surface area contributed by atoms with Gasteiger partial charge in [-0.25, -0.2) is 0 Å². The van der Waals surface area contributed by atoms with Gasteiger partial charge in [0.1, 0.15) is 0 Å². The molecule has 3 rings (SSSR count). The maximum atomic E-state index is 12.3. The van der Waals surface area contributed by atoms with Crippen molar-refractivity contribution in [2.75, 3.05) is 13.1 Å². The second-order valence-corrected chi connectivity index (χ2v) is 7.80. The molecule has 0 saturated carbocycles. The first-order valence-electron chi connectivity index (χ1n) is 8.98. The van der Waals surface area contributed by atoms with Crippen LogP contribution in [-0.2, 0) is 4.79 Å². The summed E-state index contributed by atoms with van der Waals surface area (Å²) in [6, 6.07) is 4.06. The molecule has 1 atom stereocenters. The summed E-state index contributed by atoms with van der Waals surface area (Å²) < 4.78 is 0. The predicted octanol–water partition coefficient (Wildman–Crippen LogP) is 4.05. The van der Waals surface area contributed by atoms with Gasteiger partial charge in [-0.1, -0.05) is 11.6 Å². The lowest BCUT2D eigenvalue weighted by molar-refractivity contribution is -0.129. The Morgan fingerprint density at radius 1 is 1.29 bits per heavy atom. The van der Waals surface area contributed by atoms with Gasteiger partial charge in [-0.15, -0.1) is 11.3 Å². The number of nitrogens with zero attached hydrogens (tertiary/aromatic N) is 1. The summed E-state index contributed by atoms with van der Waals surface area (Å²) in [6.07, 6.45) is 10.3. The average Bonchev–Trinajstić information content (AvgIpc) is 3.24. The Labute approximate surface area is 147 Å². The number of rotatable bonds is 5. The SMILES string of the molecule is CC(=O)N1CCC[C@H]1c1ccc(C(=O)NCCC2=CCCCC2)s1. The number of amides is 2. The molecule has 1 saturated heterocycles. The fourth-order valence-corrected chi connectivity index (χ4v) is 4.72. The normalized spacial score (nSPS) is 20.8. The molecule has 130 valence electrons. The van der Waals surface area contributed by atoms with Gasteiger partial charge in [0.25, 0.3) is 5.91 Å². The van der Waals surface area contributed by atoms with Crippen LogP contribution in [-0.4, -0.2) is 29.8 Å². The van der Waals surface area contributed by atoms with Gasteiger partial charge in [0.05, 0.1) is 10.9 Å². The summed E-state index contributed by atoms with van der Waals surface area (Å²) in [5, 5.41) is 3.03. The minimum absolute atomic E-state index is 0.00929. The molecule has 1 fully saturated rings. The van der Waals surface area contributed by atoms with Crippen LogP contribution in [0.25, 0.3) is 0 Å². The lowest BCUT2D eigenvalue weighted by atomic mass is 9.97. The van der Waals surface area contributed by atoms with E-state index in [1.165, 1.54) is 42.6 Å². The fourth-order valence-electron chi connectivity index (χ4n) is 3.65. The molecule has 0 aromatic carbocycles. The van der Waals surface area contributed by atoms with Crippen molar-refractivity contribution >= 4 is 23.2 Å². The van der Waals surface area contributed by atoms with E-state index in [2.05, 4.69) is 11.4 Å². The zero-order chi connectivity index (χ0) is 16.9. The van der Waals surface area contributed by atoms with Gasteiger partial charge in [0.2, 0.25) is 5.91 Å². The molecule has 4 nitrogen and oxygen atoms in total. The van der Waals surface area contributed by atoms with Gasteiger partial charge in [-0.2, -0.15) is 0 Å². The lowest BCUT2D eigenvalue weighted by Crippen LogP contribution is -2.27. The number of thiophene rings is 1. The van der Waals surface area contributed by atoms with E-state index in [4.69, 9.17) is 0 Å². The van der Waals surface area contributed by atoms with Crippen LogP contribution in [0.4, 0.5) is 0 Å². The smallest absolute Gasteiger partial charge is 0.261 e. The Kier molecular flexibility index (Phi) is 5.72. The third kappa shape index (κ3) is 4.07. The molecule has 0 spiro atoms. The maximum absolute atomic E-state index is 12.3. The van der Waals surface area contributed by atoms with Crippen LogP contribution in [0, 0.1) is 0 Å². The topological polar surface area (TPSA) is 49.4 Å². The first kappa shape index (κ1) is 17.2. The summed E-state index contributed by atoms with van der Waals surface area (Å²) in [7, 11) is 0. The van der Waals surface area contributed by atoms with Crippen molar-refractivity contribution < 1.29 is 9.59 Å². The largest absolute Gasteiger partial charge is 0.351 e. The number of carbonyl (C=O) groups excluding carboxylic acids is 2. The summed E-state index contributed by atoms with van der Waals surface area (Å²) in [5.74, 6) is 0.132. The Morgan fingerprint density at radius 2 is 2.17 bits per heavy atom. The van der Waals surface area contributed by atoms with Gasteiger partial charge in [0.15, 0.2) is 0 Å². The van der Waals surface area contributed by atoms with Crippen molar-refractivity contribution in [1.29, 1.82) is 0 Å². The van der Waals surface area contributed by atoms with Crippen LogP contribution in [0.3, 0.4) is 0 Å². The zero-order valence-corrected chi connectivity index (χ0v) is 15.2. The van der Waals surface area contributed by atoms with E-state index in [1.807, 2.05) is 17.0 Å². The standard InChI is InChI=1S/C19H26N2O2S/c1-14(22)21-13-5-8-16(21)17-9-10-18(24-17)19(23)20-12-11-15-6-3-2-4-7-15/h6,9-10,16H,2-5,7-8,11-13H2,1H3,(H,20,23)/t16-/m0/s1. The highest BCUT2D eigenvalue weighted by atomic mass is 32.1. The van der Waals surface area contributed by atoms with Crippen LogP contribution in [0.15, 0.2) is 23.8 Å². The average molecular weight is 346 g/mol. The molecule has 0 unspecified atom stereocenters. The number of nitrogens with one attached hydrogen (secondary N) is 1. The van der Waals surface area contributed by atoms with Gasteiger partial charge < -0.3 is 10.2 Å². The second kappa shape index (κ2) is 7.97. The quantitative estimate of drug-likeness (QED) is 0.818. The number of hydrogen-bond acceptors (Lipinski definition) is 3. The van der Waals surface area contributed by atoms with E-state index in [1.54, 1.807) is 6.92 Å². The summed E-state index contributed by atoms with van der Waals surface area (Å²) in [4.78, 5) is 27.8. The molecule has 0 radical (unpaired) electrons. The van der Waals surface area contributed by atoms with Crippen molar-refractivity contribution in [3.63, 3.8) is 0 Å². The molecule has 1 aliphatic heterocycles. The van der Waals surface area contributed by atoms with Crippen molar-refractivity contribution in [3.05, 3.63) is 33.5 Å². The highest BCUT2D eigenvalue weighted by Gasteiger charge is 2.29. The first-order valence-corrected chi connectivity index (χ1v) is 9.80. The molecule has 0 bridgehead atoms. The van der Waals surface area contributed by atoms with Crippen LogP contribution in [0.1, 0.15) is 72.5 Å². The molecule has 5 heteroatoms.